The number of allylic oxidation sites excluding steroid dienone is 5. The van der Waals surface area contributed by atoms with E-state index in [1.165, 1.54) is 33.0 Å². The molecule has 0 saturated heterocycles. The minimum absolute atomic E-state index is 0. The molecule has 0 spiro atoms. The van der Waals surface area contributed by atoms with Crippen LogP contribution in [0.15, 0.2) is 65.8 Å². The smallest absolute Gasteiger partial charge is 1.00 e. The van der Waals surface area contributed by atoms with Crippen molar-refractivity contribution in [3.05, 3.63) is 83.0 Å². The van der Waals surface area contributed by atoms with Crippen LogP contribution < -0.4 is 24.8 Å². The molecule has 0 amide bonds. The molecular formula is C19H15Cl2Zr. The average Bonchev–Trinajstić information content (AvgIpc) is 2.81. The molecule has 2 aliphatic carbocycles. The van der Waals surface area contributed by atoms with Crippen molar-refractivity contribution >= 4 is 10.8 Å². The van der Waals surface area contributed by atoms with Gasteiger partial charge in [0.25, 0.3) is 0 Å². The molecule has 0 aliphatic heterocycles. The number of hydrogen-bond acceptors (Lipinski definition) is 0. The minimum Gasteiger partial charge on any atom is -1.00 e. The molecule has 0 fully saturated rings. The Morgan fingerprint density at radius 1 is 1.05 bits per heavy atom. The van der Waals surface area contributed by atoms with Crippen LogP contribution in [0, 0.1) is 6.08 Å². The normalized spacial score (nSPS) is 17.2. The van der Waals surface area contributed by atoms with Gasteiger partial charge in [0, 0.05) is 0 Å². The molecule has 22 heavy (non-hydrogen) atoms. The molecular weight excluding hydrogens is 390 g/mol. The van der Waals surface area contributed by atoms with Crippen molar-refractivity contribution in [3.63, 3.8) is 0 Å². The van der Waals surface area contributed by atoms with E-state index in [0.717, 1.165) is 6.42 Å². The van der Waals surface area contributed by atoms with Gasteiger partial charge in [-0.05, 0) is 17.7 Å². The van der Waals surface area contributed by atoms with Crippen LogP contribution in [-0.4, -0.2) is 0 Å². The van der Waals surface area contributed by atoms with Crippen molar-refractivity contribution in [3.8, 4) is 0 Å². The number of benzene rings is 2. The van der Waals surface area contributed by atoms with Gasteiger partial charge in [-0.25, -0.2) is 0 Å². The predicted octanol–water partition coefficient (Wildman–Crippen LogP) is -1.07. The SMILES string of the molecule is CCC1=CC2=[C-]c3cc4ccccc4cc3C2C=C1.[Cl-].[Cl-].[Zr+3]. The molecule has 2 aromatic rings. The van der Waals surface area contributed by atoms with E-state index in [4.69, 9.17) is 0 Å². The second-order valence-electron chi connectivity index (χ2n) is 5.28. The third kappa shape index (κ3) is 3.18. The van der Waals surface area contributed by atoms with Gasteiger partial charge in [-0.1, -0.05) is 60.4 Å². The van der Waals surface area contributed by atoms with Crippen LogP contribution in [0.3, 0.4) is 0 Å². The van der Waals surface area contributed by atoms with E-state index < -0.39 is 0 Å². The van der Waals surface area contributed by atoms with Gasteiger partial charge in [0.1, 0.15) is 0 Å². The molecule has 0 saturated carbocycles. The fraction of sp³-hybridized carbons (Fsp3) is 0.158. The fourth-order valence-corrected chi connectivity index (χ4v) is 3.05. The average molecular weight is 405 g/mol. The molecule has 109 valence electrons. The first-order valence-corrected chi connectivity index (χ1v) is 6.90. The van der Waals surface area contributed by atoms with Crippen molar-refractivity contribution in [2.24, 2.45) is 0 Å². The summed E-state index contributed by atoms with van der Waals surface area (Å²) in [6, 6.07) is 13.2. The Morgan fingerprint density at radius 3 is 2.41 bits per heavy atom. The summed E-state index contributed by atoms with van der Waals surface area (Å²) in [5.74, 6) is 0.412. The van der Waals surface area contributed by atoms with Crippen LogP contribution >= 0.6 is 0 Å². The Kier molecular flexibility index (Phi) is 6.87. The summed E-state index contributed by atoms with van der Waals surface area (Å²) in [7, 11) is 0. The molecule has 0 heterocycles. The topological polar surface area (TPSA) is 0 Å². The predicted molar refractivity (Wildman–Crippen MR) is 80.1 cm³/mol. The number of halogens is 2. The van der Waals surface area contributed by atoms with E-state index in [0.29, 0.717) is 5.92 Å². The molecule has 2 aliphatic rings. The number of fused-ring (bicyclic) bond motifs is 4. The number of rotatable bonds is 1. The van der Waals surface area contributed by atoms with Crippen molar-refractivity contribution in [1.29, 1.82) is 0 Å². The van der Waals surface area contributed by atoms with Gasteiger partial charge in [0.15, 0.2) is 0 Å². The Labute approximate surface area is 163 Å². The van der Waals surface area contributed by atoms with E-state index >= 15 is 0 Å². The van der Waals surface area contributed by atoms with Crippen LogP contribution in [-0.2, 0) is 26.2 Å². The van der Waals surface area contributed by atoms with Crippen molar-refractivity contribution in [2.45, 2.75) is 19.3 Å². The van der Waals surface area contributed by atoms with Crippen LogP contribution in [0.5, 0.6) is 0 Å². The Bertz CT molecular complexity index is 772. The molecule has 2 aromatic carbocycles. The molecule has 0 aromatic heterocycles. The van der Waals surface area contributed by atoms with Crippen molar-refractivity contribution < 1.29 is 51.0 Å². The Morgan fingerprint density at radius 2 is 1.73 bits per heavy atom. The van der Waals surface area contributed by atoms with Gasteiger partial charge in [-0.3, -0.25) is 0 Å². The summed E-state index contributed by atoms with van der Waals surface area (Å²) in [4.78, 5) is 0. The van der Waals surface area contributed by atoms with E-state index in [9.17, 15) is 0 Å². The van der Waals surface area contributed by atoms with Gasteiger partial charge in [0.05, 0.1) is 0 Å². The van der Waals surface area contributed by atoms with Crippen molar-refractivity contribution in [2.75, 3.05) is 0 Å². The van der Waals surface area contributed by atoms with E-state index in [2.05, 4.69) is 67.6 Å². The zero-order chi connectivity index (χ0) is 12.8. The van der Waals surface area contributed by atoms with Gasteiger partial charge < -0.3 is 24.8 Å². The molecule has 0 nitrogen and oxygen atoms in total. The summed E-state index contributed by atoms with van der Waals surface area (Å²) in [5, 5.41) is 2.62. The molecule has 0 N–H and O–H groups in total. The molecule has 3 heteroatoms. The van der Waals surface area contributed by atoms with Gasteiger partial charge >= 0.3 is 26.2 Å². The largest absolute Gasteiger partial charge is 3.00 e. The van der Waals surface area contributed by atoms with E-state index in [-0.39, 0.29) is 51.0 Å². The molecule has 0 bridgehead atoms. The van der Waals surface area contributed by atoms with Crippen molar-refractivity contribution in [1.82, 2.24) is 0 Å². The first-order valence-electron chi connectivity index (χ1n) is 6.90. The fourth-order valence-electron chi connectivity index (χ4n) is 3.05. The Balaban J connectivity index is 0.000000807. The second kappa shape index (κ2) is 7.78. The number of hydrogen-bond donors (Lipinski definition) is 0. The third-order valence-corrected chi connectivity index (χ3v) is 4.12. The third-order valence-electron chi connectivity index (χ3n) is 4.12. The van der Waals surface area contributed by atoms with Crippen LogP contribution in [0.25, 0.3) is 10.8 Å². The summed E-state index contributed by atoms with van der Waals surface area (Å²) in [5.41, 5.74) is 5.38. The van der Waals surface area contributed by atoms with Crippen LogP contribution in [0.2, 0.25) is 0 Å². The summed E-state index contributed by atoms with van der Waals surface area (Å²) >= 11 is 0. The molecule has 4 rings (SSSR count). The minimum atomic E-state index is 0. The maximum Gasteiger partial charge on any atom is 3.00 e. The second-order valence-corrected chi connectivity index (χ2v) is 5.28. The van der Waals surface area contributed by atoms with Gasteiger partial charge in [0.2, 0.25) is 0 Å². The Hall–Kier alpha value is -0.617. The van der Waals surface area contributed by atoms with Gasteiger partial charge in [-0.2, -0.15) is 0 Å². The van der Waals surface area contributed by atoms with Gasteiger partial charge in [-0.15, -0.1) is 34.9 Å². The maximum atomic E-state index is 3.58. The molecule has 1 unspecified atom stereocenters. The maximum absolute atomic E-state index is 3.58. The first-order chi connectivity index (χ1) is 9.35. The summed E-state index contributed by atoms with van der Waals surface area (Å²) < 4.78 is 0. The summed E-state index contributed by atoms with van der Waals surface area (Å²) in [6.45, 7) is 2.20. The molecule has 1 atom stereocenters. The molecule has 1 radical (unpaired) electrons. The van der Waals surface area contributed by atoms with E-state index in [1.807, 2.05) is 0 Å². The quantitative estimate of drug-likeness (QED) is 0.530. The monoisotopic (exact) mass is 403 g/mol. The van der Waals surface area contributed by atoms with E-state index in [1.54, 1.807) is 0 Å². The zero-order valence-corrected chi connectivity index (χ0v) is 16.2. The zero-order valence-electron chi connectivity index (χ0n) is 12.2. The first kappa shape index (κ1) is 19.4. The van der Waals surface area contributed by atoms with Crippen LogP contribution in [0.1, 0.15) is 30.4 Å². The van der Waals surface area contributed by atoms with Crippen LogP contribution in [0.4, 0.5) is 0 Å². The standard InChI is InChI=1S/C19H15.2ClH.Zr/c1-2-13-7-8-18-16(9-13)11-17-10-14-5-3-4-6-15(14)12-19(17)18;;;/h3-10,12,18H,2H2,1H3;2*1H;/q-1;;;+3/p-2. The summed E-state index contributed by atoms with van der Waals surface area (Å²) in [6.07, 6.45) is 11.6.